The first-order chi connectivity index (χ1) is 13.5. The largest absolute Gasteiger partial charge is 0.496 e. The zero-order valence-corrected chi connectivity index (χ0v) is 15.4. The first kappa shape index (κ1) is 20.0. The van der Waals surface area contributed by atoms with Gasteiger partial charge in [-0.3, -0.25) is 4.79 Å². The minimum absolute atomic E-state index is 0.104. The predicted molar refractivity (Wildman–Crippen MR) is 96.5 cm³/mol. The van der Waals surface area contributed by atoms with Gasteiger partial charge in [0, 0.05) is 24.2 Å². The number of benzene rings is 2. The van der Waals surface area contributed by atoms with Gasteiger partial charge in [0.25, 0.3) is 0 Å². The molecule has 0 bridgehead atoms. The second kappa shape index (κ2) is 8.97. The Morgan fingerprint density at radius 1 is 1.14 bits per heavy atom. The Kier molecular flexibility index (Phi) is 6.41. The van der Waals surface area contributed by atoms with E-state index in [1.807, 2.05) is 0 Å². The molecule has 1 atom stereocenters. The number of hydrogen-bond donors (Lipinski definition) is 2. The molecule has 1 saturated heterocycles. The van der Waals surface area contributed by atoms with E-state index in [0.29, 0.717) is 11.3 Å². The fourth-order valence-electron chi connectivity index (χ4n) is 3.08. The molecule has 1 aliphatic rings. The van der Waals surface area contributed by atoms with Crippen LogP contribution in [0, 0.1) is 17.5 Å². The summed E-state index contributed by atoms with van der Waals surface area (Å²) < 4.78 is 51.5. The first-order valence-corrected chi connectivity index (χ1v) is 8.91. The average molecular weight is 394 g/mol. The first-order valence-electron chi connectivity index (χ1n) is 8.91. The van der Waals surface area contributed by atoms with Crippen LogP contribution in [0.1, 0.15) is 24.0 Å². The van der Waals surface area contributed by atoms with E-state index >= 15 is 0 Å². The lowest BCUT2D eigenvalue weighted by Crippen LogP contribution is -2.40. The number of ether oxygens (including phenoxy) is 2. The van der Waals surface area contributed by atoms with Gasteiger partial charge in [-0.05, 0) is 43.1 Å². The van der Waals surface area contributed by atoms with E-state index in [1.165, 1.54) is 19.2 Å². The van der Waals surface area contributed by atoms with Crippen LogP contribution in [0.5, 0.6) is 11.5 Å². The molecule has 3 rings (SSSR count). The van der Waals surface area contributed by atoms with Gasteiger partial charge in [-0.25, -0.2) is 13.2 Å². The van der Waals surface area contributed by atoms with E-state index in [0.717, 1.165) is 37.6 Å². The average Bonchev–Trinajstić information content (AvgIpc) is 3.19. The Labute approximate surface area is 160 Å². The highest BCUT2D eigenvalue weighted by Gasteiger charge is 2.22. The van der Waals surface area contributed by atoms with E-state index in [2.05, 4.69) is 10.6 Å². The summed E-state index contributed by atoms with van der Waals surface area (Å²) in [5, 5.41) is 5.85. The van der Waals surface area contributed by atoms with Crippen LogP contribution in [0.2, 0.25) is 0 Å². The molecule has 28 heavy (non-hydrogen) atoms. The molecule has 8 heteroatoms. The lowest BCUT2D eigenvalue weighted by atomic mass is 10.1. The third-order valence-electron chi connectivity index (χ3n) is 4.48. The van der Waals surface area contributed by atoms with Crippen LogP contribution in [0.3, 0.4) is 0 Å². The molecular formula is C20H21F3N2O3. The minimum Gasteiger partial charge on any atom is -0.496 e. The number of nitrogens with one attached hydrogen (secondary N) is 2. The van der Waals surface area contributed by atoms with E-state index < -0.39 is 17.5 Å². The highest BCUT2D eigenvalue weighted by molar-refractivity contribution is 5.82. The van der Waals surface area contributed by atoms with Crippen molar-refractivity contribution in [2.75, 3.05) is 13.7 Å². The molecule has 2 N–H and O–H groups in total. The molecule has 1 unspecified atom stereocenters. The van der Waals surface area contributed by atoms with Gasteiger partial charge in [-0.15, -0.1) is 0 Å². The fourth-order valence-corrected chi connectivity index (χ4v) is 3.08. The Hall–Kier alpha value is -2.74. The molecule has 150 valence electrons. The zero-order valence-electron chi connectivity index (χ0n) is 15.4. The highest BCUT2D eigenvalue weighted by atomic mass is 19.1. The van der Waals surface area contributed by atoms with Gasteiger partial charge >= 0.3 is 0 Å². The third kappa shape index (κ3) is 4.95. The lowest BCUT2D eigenvalue weighted by Gasteiger charge is -2.15. The molecule has 1 aliphatic heterocycles. The van der Waals surface area contributed by atoms with Crippen LogP contribution in [-0.2, 0) is 17.9 Å². The van der Waals surface area contributed by atoms with Crippen molar-refractivity contribution in [3.8, 4) is 11.5 Å². The smallest absolute Gasteiger partial charge is 0.237 e. The lowest BCUT2D eigenvalue weighted by molar-refractivity contribution is -0.122. The van der Waals surface area contributed by atoms with Crippen molar-refractivity contribution >= 4 is 5.91 Å². The topological polar surface area (TPSA) is 59.6 Å². The zero-order chi connectivity index (χ0) is 20.1. The van der Waals surface area contributed by atoms with E-state index in [-0.39, 0.29) is 36.4 Å². The SMILES string of the molecule is COc1cc(OCc2cc(F)cc(F)c2)c(F)cc1CNC(=O)C1CCCN1. The van der Waals surface area contributed by atoms with Crippen LogP contribution in [-0.4, -0.2) is 25.6 Å². The summed E-state index contributed by atoms with van der Waals surface area (Å²) in [6.07, 6.45) is 1.71. The maximum Gasteiger partial charge on any atom is 0.237 e. The van der Waals surface area contributed by atoms with Crippen LogP contribution >= 0.6 is 0 Å². The van der Waals surface area contributed by atoms with Crippen molar-refractivity contribution in [3.63, 3.8) is 0 Å². The molecule has 5 nitrogen and oxygen atoms in total. The molecule has 0 radical (unpaired) electrons. The summed E-state index contributed by atoms with van der Waals surface area (Å²) in [6.45, 7) is 0.696. The minimum atomic E-state index is -0.737. The molecule has 0 aliphatic carbocycles. The van der Waals surface area contributed by atoms with Gasteiger partial charge in [0.05, 0.1) is 13.2 Å². The van der Waals surface area contributed by atoms with Crippen molar-refractivity contribution in [2.45, 2.75) is 32.0 Å². The van der Waals surface area contributed by atoms with Crippen molar-refractivity contribution < 1.29 is 27.4 Å². The van der Waals surface area contributed by atoms with Gasteiger partial charge in [0.15, 0.2) is 11.6 Å². The van der Waals surface area contributed by atoms with E-state index in [4.69, 9.17) is 9.47 Å². The van der Waals surface area contributed by atoms with Crippen LogP contribution < -0.4 is 20.1 Å². The summed E-state index contributed by atoms with van der Waals surface area (Å²) in [6, 6.07) is 5.30. The normalized spacial score (nSPS) is 16.1. The monoisotopic (exact) mass is 394 g/mol. The van der Waals surface area contributed by atoms with Gasteiger partial charge in [0.1, 0.15) is 24.0 Å². The Morgan fingerprint density at radius 2 is 1.89 bits per heavy atom. The van der Waals surface area contributed by atoms with Crippen molar-refractivity contribution in [3.05, 3.63) is 58.9 Å². The quantitative estimate of drug-likeness (QED) is 0.758. The summed E-state index contributed by atoms with van der Waals surface area (Å²) in [5.74, 6) is -2.07. The summed E-state index contributed by atoms with van der Waals surface area (Å²) in [7, 11) is 1.42. The van der Waals surface area contributed by atoms with E-state index in [9.17, 15) is 18.0 Å². The van der Waals surface area contributed by atoms with E-state index in [1.54, 1.807) is 0 Å². The molecule has 1 amide bonds. The van der Waals surface area contributed by atoms with Crippen LogP contribution in [0.15, 0.2) is 30.3 Å². The standard InChI is InChI=1S/C20H21F3N2O3/c1-27-18-9-19(28-11-12-5-14(21)8-15(22)6-12)16(23)7-13(18)10-25-20(26)17-3-2-4-24-17/h5-9,17,24H,2-4,10-11H2,1H3,(H,25,26). The molecular weight excluding hydrogens is 373 g/mol. The maximum absolute atomic E-state index is 14.4. The number of amides is 1. The number of hydrogen-bond acceptors (Lipinski definition) is 4. The van der Waals surface area contributed by atoms with Crippen molar-refractivity contribution in [1.29, 1.82) is 0 Å². The molecule has 1 heterocycles. The van der Waals surface area contributed by atoms with Gasteiger partial charge in [-0.1, -0.05) is 0 Å². The molecule has 1 fully saturated rings. The Balaban J connectivity index is 1.67. The highest BCUT2D eigenvalue weighted by Crippen LogP contribution is 2.29. The molecule has 2 aromatic rings. The number of methoxy groups -OCH3 is 1. The van der Waals surface area contributed by atoms with Crippen LogP contribution in [0.25, 0.3) is 0 Å². The maximum atomic E-state index is 14.4. The number of rotatable bonds is 7. The number of carbonyl (C=O) groups is 1. The van der Waals surface area contributed by atoms with Gasteiger partial charge in [0.2, 0.25) is 5.91 Å². The second-order valence-corrected chi connectivity index (χ2v) is 6.53. The molecule has 2 aromatic carbocycles. The molecule has 0 spiro atoms. The third-order valence-corrected chi connectivity index (χ3v) is 4.48. The second-order valence-electron chi connectivity index (χ2n) is 6.53. The Bertz CT molecular complexity index is 835. The van der Waals surface area contributed by atoms with Gasteiger partial charge < -0.3 is 20.1 Å². The summed E-state index contributed by atoms with van der Waals surface area (Å²) in [5.41, 5.74) is 0.687. The summed E-state index contributed by atoms with van der Waals surface area (Å²) in [4.78, 5) is 12.1. The van der Waals surface area contributed by atoms with Crippen molar-refractivity contribution in [1.82, 2.24) is 10.6 Å². The fraction of sp³-hybridized carbons (Fsp3) is 0.350. The summed E-state index contributed by atoms with van der Waals surface area (Å²) >= 11 is 0. The predicted octanol–water partition coefficient (Wildman–Crippen LogP) is 3.06. The molecule has 0 saturated carbocycles. The Morgan fingerprint density at radius 3 is 2.54 bits per heavy atom. The van der Waals surface area contributed by atoms with Crippen LogP contribution in [0.4, 0.5) is 13.2 Å². The number of halogens is 3. The van der Waals surface area contributed by atoms with Gasteiger partial charge in [-0.2, -0.15) is 0 Å². The van der Waals surface area contributed by atoms with Crippen molar-refractivity contribution in [2.24, 2.45) is 0 Å². The number of carbonyl (C=O) groups excluding carboxylic acids is 1. The molecule has 0 aromatic heterocycles.